The molecule has 0 amide bonds. The van der Waals surface area contributed by atoms with Crippen molar-refractivity contribution in [3.63, 3.8) is 0 Å². The first-order valence-corrected chi connectivity index (χ1v) is 7.25. The summed E-state index contributed by atoms with van der Waals surface area (Å²) in [5.41, 5.74) is 7.63. The van der Waals surface area contributed by atoms with Gasteiger partial charge in [-0.15, -0.1) is 0 Å². The Hall–Kier alpha value is -0.970. The van der Waals surface area contributed by atoms with Gasteiger partial charge < -0.3 is 10.5 Å². The second-order valence-corrected chi connectivity index (χ2v) is 6.29. The highest BCUT2D eigenvalue weighted by Gasteiger charge is 2.27. The van der Waals surface area contributed by atoms with E-state index in [1.54, 1.807) is 19.1 Å². The van der Waals surface area contributed by atoms with Crippen molar-refractivity contribution in [3.05, 3.63) is 35.1 Å². The van der Waals surface area contributed by atoms with Gasteiger partial charge in [0, 0.05) is 25.7 Å². The van der Waals surface area contributed by atoms with Gasteiger partial charge in [0.1, 0.15) is 5.82 Å². The van der Waals surface area contributed by atoms with Crippen LogP contribution in [0, 0.1) is 12.7 Å². The molecule has 0 saturated carbocycles. The number of nitrogens with two attached hydrogens (primary N) is 1. The smallest absolute Gasteiger partial charge is 0.126 e. The topological polar surface area (TPSA) is 38.5 Å². The molecule has 0 spiro atoms. The second kappa shape index (κ2) is 6.20. The van der Waals surface area contributed by atoms with Crippen LogP contribution >= 0.6 is 0 Å². The zero-order valence-corrected chi connectivity index (χ0v) is 12.7. The third-order valence-corrected chi connectivity index (χ3v) is 3.89. The zero-order chi connectivity index (χ0) is 14.8. The molecule has 1 atom stereocenters. The molecule has 4 heteroatoms. The Morgan fingerprint density at radius 3 is 2.85 bits per heavy atom. The van der Waals surface area contributed by atoms with E-state index in [0.29, 0.717) is 5.56 Å². The molecule has 112 valence electrons. The summed E-state index contributed by atoms with van der Waals surface area (Å²) in [5, 5.41) is 0. The molecule has 1 aromatic rings. The molecule has 0 bridgehead atoms. The molecule has 0 aromatic heterocycles. The standard InChI is InChI=1S/C16H25FN2O/c1-12-4-5-13(10-14(12)17)15(18)6-7-19-8-9-20-16(2,3)11-19/h4-5,10,15H,6-9,11,18H2,1-3H3. The van der Waals surface area contributed by atoms with Crippen molar-refractivity contribution in [1.82, 2.24) is 4.90 Å². The average Bonchev–Trinajstić information content (AvgIpc) is 2.38. The van der Waals surface area contributed by atoms with E-state index in [2.05, 4.69) is 18.7 Å². The van der Waals surface area contributed by atoms with Gasteiger partial charge in [0.05, 0.1) is 12.2 Å². The molecule has 2 rings (SSSR count). The van der Waals surface area contributed by atoms with E-state index in [4.69, 9.17) is 10.5 Å². The SMILES string of the molecule is Cc1ccc(C(N)CCN2CCOC(C)(C)C2)cc1F. The Morgan fingerprint density at radius 1 is 1.45 bits per heavy atom. The quantitative estimate of drug-likeness (QED) is 0.921. The molecule has 1 fully saturated rings. The van der Waals surface area contributed by atoms with Gasteiger partial charge in [-0.2, -0.15) is 0 Å². The summed E-state index contributed by atoms with van der Waals surface area (Å²) in [5.74, 6) is -0.176. The van der Waals surface area contributed by atoms with Crippen molar-refractivity contribution in [1.29, 1.82) is 0 Å². The minimum Gasteiger partial charge on any atom is -0.373 e. The number of aryl methyl sites for hydroxylation is 1. The third kappa shape index (κ3) is 4.01. The van der Waals surface area contributed by atoms with Gasteiger partial charge in [-0.3, -0.25) is 4.90 Å². The Balaban J connectivity index is 1.88. The molecule has 1 aliphatic rings. The number of nitrogens with zero attached hydrogens (tertiary/aromatic N) is 1. The lowest BCUT2D eigenvalue weighted by atomic mass is 10.0. The van der Waals surface area contributed by atoms with Crippen LogP contribution in [0.4, 0.5) is 4.39 Å². The maximum atomic E-state index is 13.6. The number of morpholine rings is 1. The highest BCUT2D eigenvalue weighted by Crippen LogP contribution is 2.20. The van der Waals surface area contributed by atoms with Gasteiger partial charge in [0.15, 0.2) is 0 Å². The molecular formula is C16H25FN2O. The van der Waals surface area contributed by atoms with E-state index < -0.39 is 0 Å². The van der Waals surface area contributed by atoms with E-state index in [0.717, 1.165) is 38.2 Å². The monoisotopic (exact) mass is 280 g/mol. The van der Waals surface area contributed by atoms with Gasteiger partial charge in [-0.25, -0.2) is 4.39 Å². The van der Waals surface area contributed by atoms with Crippen LogP contribution < -0.4 is 5.73 Å². The predicted octanol–water partition coefficient (Wildman–Crippen LogP) is 2.63. The molecule has 3 nitrogen and oxygen atoms in total. The van der Waals surface area contributed by atoms with Gasteiger partial charge >= 0.3 is 0 Å². The largest absolute Gasteiger partial charge is 0.373 e. The van der Waals surface area contributed by atoms with E-state index in [9.17, 15) is 4.39 Å². The van der Waals surface area contributed by atoms with Crippen molar-refractivity contribution >= 4 is 0 Å². The molecule has 1 unspecified atom stereocenters. The fourth-order valence-corrected chi connectivity index (χ4v) is 2.63. The summed E-state index contributed by atoms with van der Waals surface area (Å²) in [6, 6.07) is 5.16. The molecule has 1 aliphatic heterocycles. The minimum atomic E-state index is -0.176. The van der Waals surface area contributed by atoms with E-state index in [1.807, 2.05) is 6.07 Å². The van der Waals surface area contributed by atoms with Crippen LogP contribution in [-0.4, -0.2) is 36.7 Å². The maximum Gasteiger partial charge on any atom is 0.126 e. The van der Waals surface area contributed by atoms with Gasteiger partial charge in [0.25, 0.3) is 0 Å². The fraction of sp³-hybridized carbons (Fsp3) is 0.625. The normalized spacial score (nSPS) is 20.9. The molecular weight excluding hydrogens is 255 g/mol. The molecule has 1 saturated heterocycles. The van der Waals surface area contributed by atoms with Crippen LogP contribution in [0.3, 0.4) is 0 Å². The van der Waals surface area contributed by atoms with Crippen LogP contribution in [0.1, 0.15) is 37.4 Å². The summed E-state index contributed by atoms with van der Waals surface area (Å²) in [7, 11) is 0. The molecule has 1 aromatic carbocycles. The summed E-state index contributed by atoms with van der Waals surface area (Å²) in [6.07, 6.45) is 0.832. The van der Waals surface area contributed by atoms with Crippen LogP contribution in [0.15, 0.2) is 18.2 Å². The highest BCUT2D eigenvalue weighted by molar-refractivity contribution is 5.25. The number of benzene rings is 1. The van der Waals surface area contributed by atoms with Crippen LogP contribution in [-0.2, 0) is 4.74 Å². The number of hydrogen-bond acceptors (Lipinski definition) is 3. The summed E-state index contributed by atoms with van der Waals surface area (Å²) in [6.45, 7) is 9.52. The van der Waals surface area contributed by atoms with Gasteiger partial charge in [-0.1, -0.05) is 12.1 Å². The molecule has 2 N–H and O–H groups in total. The first-order valence-electron chi connectivity index (χ1n) is 7.25. The van der Waals surface area contributed by atoms with Gasteiger partial charge in [-0.05, 0) is 44.4 Å². The number of rotatable bonds is 4. The Kier molecular flexibility index (Phi) is 4.78. The van der Waals surface area contributed by atoms with Gasteiger partial charge in [0.2, 0.25) is 0 Å². The lowest BCUT2D eigenvalue weighted by molar-refractivity contribution is -0.0863. The second-order valence-electron chi connectivity index (χ2n) is 6.29. The Labute approximate surface area is 120 Å². The number of ether oxygens (including phenoxy) is 1. The highest BCUT2D eigenvalue weighted by atomic mass is 19.1. The third-order valence-electron chi connectivity index (χ3n) is 3.89. The summed E-state index contributed by atoms with van der Waals surface area (Å²) < 4.78 is 19.2. The molecule has 0 aliphatic carbocycles. The van der Waals surface area contributed by atoms with Crippen molar-refractivity contribution in [2.75, 3.05) is 26.2 Å². The van der Waals surface area contributed by atoms with Crippen LogP contribution in [0.5, 0.6) is 0 Å². The van der Waals surface area contributed by atoms with Crippen molar-refractivity contribution in [2.45, 2.75) is 38.8 Å². The first-order chi connectivity index (χ1) is 9.37. The fourth-order valence-electron chi connectivity index (χ4n) is 2.63. The van der Waals surface area contributed by atoms with Crippen LogP contribution in [0.2, 0.25) is 0 Å². The van der Waals surface area contributed by atoms with Crippen molar-refractivity contribution in [2.24, 2.45) is 5.73 Å². The molecule has 1 heterocycles. The Morgan fingerprint density at radius 2 is 2.20 bits per heavy atom. The maximum absolute atomic E-state index is 13.6. The van der Waals surface area contributed by atoms with Crippen molar-refractivity contribution in [3.8, 4) is 0 Å². The minimum absolute atomic E-state index is 0.0850. The molecule has 20 heavy (non-hydrogen) atoms. The van der Waals surface area contributed by atoms with Crippen LogP contribution in [0.25, 0.3) is 0 Å². The Bertz CT molecular complexity index is 462. The lowest BCUT2D eigenvalue weighted by Crippen LogP contribution is -2.48. The first kappa shape index (κ1) is 15.4. The average molecular weight is 280 g/mol. The summed E-state index contributed by atoms with van der Waals surface area (Å²) >= 11 is 0. The molecule has 0 radical (unpaired) electrons. The summed E-state index contributed by atoms with van der Waals surface area (Å²) in [4.78, 5) is 2.37. The van der Waals surface area contributed by atoms with E-state index >= 15 is 0 Å². The zero-order valence-electron chi connectivity index (χ0n) is 12.7. The predicted molar refractivity (Wildman–Crippen MR) is 79.2 cm³/mol. The lowest BCUT2D eigenvalue weighted by Gasteiger charge is -2.38. The number of halogens is 1. The van der Waals surface area contributed by atoms with E-state index in [1.165, 1.54) is 0 Å². The van der Waals surface area contributed by atoms with Crippen molar-refractivity contribution < 1.29 is 9.13 Å². The van der Waals surface area contributed by atoms with E-state index in [-0.39, 0.29) is 17.5 Å². The number of hydrogen-bond donors (Lipinski definition) is 1.